The molecule has 1 fully saturated rings. The first-order valence-corrected chi connectivity index (χ1v) is 11.3. The highest BCUT2D eigenvalue weighted by atomic mass is 16.5. The lowest BCUT2D eigenvalue weighted by atomic mass is 9.87. The van der Waals surface area contributed by atoms with Crippen molar-refractivity contribution in [2.45, 2.75) is 18.8 Å². The molecule has 2 aromatic carbocycles. The van der Waals surface area contributed by atoms with Gasteiger partial charge in [0.05, 0.1) is 12.2 Å². The molecule has 6 nitrogen and oxygen atoms in total. The smallest absolute Gasteiger partial charge is 0.246 e. The zero-order chi connectivity index (χ0) is 22.6. The molecule has 0 bridgehead atoms. The van der Waals surface area contributed by atoms with Crippen molar-refractivity contribution in [3.63, 3.8) is 0 Å². The molecule has 1 saturated heterocycles. The number of ether oxygens (including phenoxy) is 1. The molecule has 6 heteroatoms. The predicted octanol–water partition coefficient (Wildman–Crippen LogP) is 4.59. The van der Waals surface area contributed by atoms with E-state index in [2.05, 4.69) is 5.32 Å². The van der Waals surface area contributed by atoms with E-state index < -0.39 is 0 Å². The monoisotopic (exact) mass is 442 g/mol. The Morgan fingerprint density at radius 1 is 0.939 bits per heavy atom. The summed E-state index contributed by atoms with van der Waals surface area (Å²) in [5.41, 5.74) is 1.77. The minimum atomic E-state index is -0.389. The normalized spacial score (nSPS) is 16.2. The summed E-state index contributed by atoms with van der Waals surface area (Å²) in [7, 11) is 0. The van der Waals surface area contributed by atoms with Crippen molar-refractivity contribution in [2.75, 3.05) is 19.6 Å². The summed E-state index contributed by atoms with van der Waals surface area (Å²) in [6, 6.07) is 19.0. The van der Waals surface area contributed by atoms with Crippen LogP contribution >= 0.6 is 0 Å². The number of furan rings is 1. The van der Waals surface area contributed by atoms with Crippen molar-refractivity contribution >= 4 is 17.9 Å². The Hall–Kier alpha value is -3.80. The number of benzene rings is 2. The van der Waals surface area contributed by atoms with Crippen molar-refractivity contribution in [3.05, 3.63) is 89.9 Å². The van der Waals surface area contributed by atoms with E-state index in [1.165, 1.54) is 0 Å². The number of para-hydroxylation sites is 2. The highest BCUT2D eigenvalue weighted by molar-refractivity contribution is 5.91. The van der Waals surface area contributed by atoms with Crippen molar-refractivity contribution < 1.29 is 18.7 Å². The molecular formula is C27H26N2O4. The summed E-state index contributed by atoms with van der Waals surface area (Å²) in [5.74, 6) is 2.05. The summed E-state index contributed by atoms with van der Waals surface area (Å²) in [4.78, 5) is 27.6. The molecule has 0 atom stereocenters. The van der Waals surface area contributed by atoms with Crippen molar-refractivity contribution in [1.29, 1.82) is 0 Å². The van der Waals surface area contributed by atoms with Crippen molar-refractivity contribution in [3.8, 4) is 11.5 Å². The van der Waals surface area contributed by atoms with Gasteiger partial charge in [0.1, 0.15) is 17.3 Å². The van der Waals surface area contributed by atoms with Gasteiger partial charge in [0.2, 0.25) is 11.8 Å². The highest BCUT2D eigenvalue weighted by Crippen LogP contribution is 2.43. The lowest BCUT2D eigenvalue weighted by molar-refractivity contribution is -0.127. The molecule has 0 aliphatic carbocycles. The molecule has 1 aromatic heterocycles. The fraction of sp³-hybridized carbons (Fsp3) is 0.259. The van der Waals surface area contributed by atoms with Crippen LogP contribution in [0.2, 0.25) is 0 Å². The van der Waals surface area contributed by atoms with E-state index in [0.717, 1.165) is 35.5 Å². The van der Waals surface area contributed by atoms with Crippen LogP contribution in [0.25, 0.3) is 6.08 Å². The van der Waals surface area contributed by atoms with Crippen LogP contribution in [0.5, 0.6) is 11.5 Å². The summed E-state index contributed by atoms with van der Waals surface area (Å²) >= 11 is 0. The number of hydrogen-bond donors (Lipinski definition) is 1. The maximum absolute atomic E-state index is 13.3. The van der Waals surface area contributed by atoms with Gasteiger partial charge in [0.15, 0.2) is 0 Å². The standard InChI is InChI=1S/C27H26N2O4/c30-25(12-11-20-6-5-17-32-20)29-15-13-19(14-16-29)18-28-27(31)26-21-7-1-3-9-23(21)33-24-10-4-2-8-22(24)26/h1-12,17,19,26H,13-16,18H2,(H,28,31)/b12-11+. The fourth-order valence-corrected chi connectivity index (χ4v) is 4.54. The minimum Gasteiger partial charge on any atom is -0.465 e. The van der Waals surface area contributed by atoms with Gasteiger partial charge in [-0.05, 0) is 49.1 Å². The van der Waals surface area contributed by atoms with E-state index in [1.807, 2.05) is 59.5 Å². The van der Waals surface area contributed by atoms with Crippen LogP contribution in [0.1, 0.15) is 35.6 Å². The zero-order valence-electron chi connectivity index (χ0n) is 18.3. The predicted molar refractivity (Wildman–Crippen MR) is 125 cm³/mol. The third-order valence-electron chi connectivity index (χ3n) is 6.37. The van der Waals surface area contributed by atoms with E-state index in [0.29, 0.717) is 31.3 Å². The SMILES string of the molecule is O=C(NCC1CCN(C(=O)/C=C/c2ccco2)CC1)C1c2ccccc2Oc2ccccc21. The quantitative estimate of drug-likeness (QED) is 0.587. The van der Waals surface area contributed by atoms with E-state index in [-0.39, 0.29) is 17.7 Å². The number of amides is 2. The molecule has 0 spiro atoms. The number of rotatable bonds is 5. The summed E-state index contributed by atoms with van der Waals surface area (Å²) < 4.78 is 11.2. The van der Waals surface area contributed by atoms with E-state index >= 15 is 0 Å². The molecule has 0 radical (unpaired) electrons. The van der Waals surface area contributed by atoms with E-state index in [9.17, 15) is 9.59 Å². The average molecular weight is 443 g/mol. The Labute approximate surface area is 192 Å². The molecule has 3 aromatic rings. The van der Waals surface area contributed by atoms with Crippen LogP contribution in [0.4, 0.5) is 0 Å². The van der Waals surface area contributed by atoms with Crippen LogP contribution < -0.4 is 10.1 Å². The Balaban J connectivity index is 1.18. The summed E-state index contributed by atoms with van der Waals surface area (Å²) in [6.07, 6.45) is 6.56. The lowest BCUT2D eigenvalue weighted by Gasteiger charge is -2.32. The van der Waals surface area contributed by atoms with Crippen LogP contribution in [-0.4, -0.2) is 36.3 Å². The first-order valence-electron chi connectivity index (χ1n) is 11.3. The second-order valence-corrected chi connectivity index (χ2v) is 8.47. The number of fused-ring (bicyclic) bond motifs is 2. The van der Waals surface area contributed by atoms with Gasteiger partial charge >= 0.3 is 0 Å². The Kier molecular flexibility index (Phi) is 5.98. The third-order valence-corrected chi connectivity index (χ3v) is 6.37. The largest absolute Gasteiger partial charge is 0.465 e. The van der Waals surface area contributed by atoms with Gasteiger partial charge in [-0.25, -0.2) is 0 Å². The highest BCUT2D eigenvalue weighted by Gasteiger charge is 2.32. The number of nitrogens with one attached hydrogen (secondary N) is 1. The van der Waals surface area contributed by atoms with Gasteiger partial charge in [-0.2, -0.15) is 0 Å². The van der Waals surface area contributed by atoms with E-state index in [1.54, 1.807) is 24.5 Å². The molecule has 0 unspecified atom stereocenters. The Morgan fingerprint density at radius 2 is 1.61 bits per heavy atom. The van der Waals surface area contributed by atoms with Crippen LogP contribution in [0.15, 0.2) is 77.4 Å². The molecule has 33 heavy (non-hydrogen) atoms. The molecule has 1 N–H and O–H groups in total. The Bertz CT molecular complexity index is 1110. The molecular weight excluding hydrogens is 416 g/mol. The topological polar surface area (TPSA) is 71.8 Å². The molecule has 0 saturated carbocycles. The number of hydrogen-bond acceptors (Lipinski definition) is 4. The summed E-state index contributed by atoms with van der Waals surface area (Å²) in [6.45, 7) is 1.97. The first-order chi connectivity index (χ1) is 16.2. The molecule has 2 amide bonds. The first kappa shape index (κ1) is 21.1. The van der Waals surface area contributed by atoms with E-state index in [4.69, 9.17) is 9.15 Å². The van der Waals surface area contributed by atoms with Gasteiger partial charge in [0, 0.05) is 36.8 Å². The molecule has 2 aliphatic heterocycles. The number of carbonyl (C=O) groups excluding carboxylic acids is 2. The van der Waals surface area contributed by atoms with Crippen LogP contribution in [0, 0.1) is 5.92 Å². The third kappa shape index (κ3) is 4.55. The van der Waals surface area contributed by atoms with Gasteiger partial charge in [0.25, 0.3) is 0 Å². The number of carbonyl (C=O) groups is 2. The minimum absolute atomic E-state index is 0.00990. The fourth-order valence-electron chi connectivity index (χ4n) is 4.54. The second-order valence-electron chi connectivity index (χ2n) is 8.47. The van der Waals surface area contributed by atoms with Crippen molar-refractivity contribution in [1.82, 2.24) is 10.2 Å². The second kappa shape index (κ2) is 9.36. The number of likely N-dealkylation sites (tertiary alicyclic amines) is 1. The summed E-state index contributed by atoms with van der Waals surface area (Å²) in [5, 5.41) is 3.17. The average Bonchev–Trinajstić information content (AvgIpc) is 3.38. The maximum atomic E-state index is 13.3. The van der Waals surface area contributed by atoms with Gasteiger partial charge in [-0.1, -0.05) is 36.4 Å². The molecule has 2 aliphatic rings. The zero-order valence-corrected chi connectivity index (χ0v) is 18.3. The Morgan fingerprint density at radius 3 is 2.24 bits per heavy atom. The number of nitrogens with zero attached hydrogens (tertiary/aromatic N) is 1. The maximum Gasteiger partial charge on any atom is 0.246 e. The lowest BCUT2D eigenvalue weighted by Crippen LogP contribution is -2.42. The molecule has 168 valence electrons. The van der Waals surface area contributed by atoms with Crippen LogP contribution in [-0.2, 0) is 9.59 Å². The number of piperidine rings is 1. The van der Waals surface area contributed by atoms with Crippen molar-refractivity contribution in [2.24, 2.45) is 5.92 Å². The van der Waals surface area contributed by atoms with Crippen LogP contribution in [0.3, 0.4) is 0 Å². The van der Waals surface area contributed by atoms with Gasteiger partial charge < -0.3 is 19.4 Å². The molecule has 3 heterocycles. The van der Waals surface area contributed by atoms with Gasteiger partial charge in [-0.3, -0.25) is 9.59 Å². The van der Waals surface area contributed by atoms with Gasteiger partial charge in [-0.15, -0.1) is 0 Å². The molecule has 5 rings (SSSR count).